The van der Waals surface area contributed by atoms with Crippen molar-refractivity contribution in [2.75, 3.05) is 0 Å². The van der Waals surface area contributed by atoms with Crippen LogP contribution in [0, 0.1) is 5.82 Å². The van der Waals surface area contributed by atoms with Crippen LogP contribution in [-0.4, -0.2) is 10.8 Å². The molecule has 76 valence electrons. The van der Waals surface area contributed by atoms with Gasteiger partial charge in [0, 0.05) is 18.7 Å². The minimum absolute atomic E-state index is 0.0184. The minimum Gasteiger partial charge on any atom is -0.294 e. The maximum Gasteiger partial charge on any atom is 0.171 e. The van der Waals surface area contributed by atoms with E-state index in [0.29, 0.717) is 15.4 Å². The molecule has 0 fully saturated rings. The van der Waals surface area contributed by atoms with Gasteiger partial charge in [-0.15, -0.1) is 11.3 Å². The predicted octanol–water partition coefficient (Wildman–Crippen LogP) is 3.15. The third-order valence-corrected chi connectivity index (χ3v) is 3.07. The first kappa shape index (κ1) is 9.98. The van der Waals surface area contributed by atoms with Crippen molar-refractivity contribution in [3.05, 3.63) is 41.2 Å². The Labute approximate surface area is 90.4 Å². The van der Waals surface area contributed by atoms with Crippen LogP contribution in [0.15, 0.2) is 30.5 Å². The summed E-state index contributed by atoms with van der Waals surface area (Å²) in [6.45, 7) is 1.49. The Morgan fingerprint density at radius 3 is 2.87 bits per heavy atom. The minimum atomic E-state index is -0.299. The van der Waals surface area contributed by atoms with E-state index in [-0.39, 0.29) is 11.6 Å². The molecule has 0 atom stereocenters. The first-order chi connectivity index (χ1) is 7.16. The number of benzene rings is 1. The number of nitrogens with zero attached hydrogens (tertiary/aromatic N) is 1. The van der Waals surface area contributed by atoms with Gasteiger partial charge in [-0.05, 0) is 12.1 Å². The van der Waals surface area contributed by atoms with E-state index in [1.54, 1.807) is 12.1 Å². The number of hydrogen-bond acceptors (Lipinski definition) is 3. The quantitative estimate of drug-likeness (QED) is 0.729. The SMILES string of the molecule is CC(=O)c1cnc(-c2cccc(F)c2)s1. The second-order valence-electron chi connectivity index (χ2n) is 3.10. The van der Waals surface area contributed by atoms with Crippen molar-refractivity contribution >= 4 is 17.1 Å². The number of hydrogen-bond donors (Lipinski definition) is 0. The van der Waals surface area contributed by atoms with Gasteiger partial charge in [-0.25, -0.2) is 9.37 Å². The predicted molar refractivity (Wildman–Crippen MR) is 57.5 cm³/mol. The second kappa shape index (κ2) is 3.90. The average molecular weight is 221 g/mol. The molecule has 2 nitrogen and oxygen atoms in total. The number of aromatic nitrogens is 1. The van der Waals surface area contributed by atoms with Crippen molar-refractivity contribution in [3.63, 3.8) is 0 Å². The molecule has 0 amide bonds. The molecule has 1 aromatic heterocycles. The van der Waals surface area contributed by atoms with E-state index in [4.69, 9.17) is 0 Å². The fourth-order valence-electron chi connectivity index (χ4n) is 1.19. The molecule has 2 rings (SSSR count). The summed E-state index contributed by atoms with van der Waals surface area (Å²) in [7, 11) is 0. The standard InChI is InChI=1S/C11H8FNOS/c1-7(14)10-6-13-11(15-10)8-3-2-4-9(12)5-8/h2-6H,1H3. The molecule has 4 heteroatoms. The fourth-order valence-corrected chi connectivity index (χ4v) is 2.00. The number of carbonyl (C=O) groups is 1. The summed E-state index contributed by atoms with van der Waals surface area (Å²) in [5, 5.41) is 0.666. The number of rotatable bonds is 2. The molecular formula is C11H8FNOS. The number of halogens is 1. The van der Waals surface area contributed by atoms with Crippen LogP contribution in [0.5, 0.6) is 0 Å². The first-order valence-electron chi connectivity index (χ1n) is 4.39. The molecule has 0 aliphatic heterocycles. The molecule has 2 aromatic rings. The Kier molecular flexibility index (Phi) is 2.60. The van der Waals surface area contributed by atoms with Crippen molar-refractivity contribution < 1.29 is 9.18 Å². The van der Waals surface area contributed by atoms with Gasteiger partial charge in [-0.3, -0.25) is 4.79 Å². The lowest BCUT2D eigenvalue weighted by Gasteiger charge is -1.94. The lowest BCUT2D eigenvalue weighted by molar-refractivity contribution is 0.102. The Morgan fingerprint density at radius 1 is 1.47 bits per heavy atom. The van der Waals surface area contributed by atoms with E-state index in [1.807, 2.05) is 0 Å². The maximum absolute atomic E-state index is 12.9. The monoisotopic (exact) mass is 221 g/mol. The molecule has 1 aromatic carbocycles. The van der Waals surface area contributed by atoms with Crippen LogP contribution in [0.1, 0.15) is 16.6 Å². The van der Waals surface area contributed by atoms with Crippen LogP contribution in [0.4, 0.5) is 4.39 Å². The van der Waals surface area contributed by atoms with Crippen LogP contribution in [0.3, 0.4) is 0 Å². The molecule has 0 radical (unpaired) electrons. The lowest BCUT2D eigenvalue weighted by Crippen LogP contribution is -1.83. The third-order valence-electron chi connectivity index (χ3n) is 1.92. The summed E-state index contributed by atoms with van der Waals surface area (Å²) in [6.07, 6.45) is 1.52. The molecule has 0 aliphatic carbocycles. The summed E-state index contributed by atoms with van der Waals surface area (Å²) in [4.78, 5) is 15.7. The van der Waals surface area contributed by atoms with E-state index >= 15 is 0 Å². The van der Waals surface area contributed by atoms with E-state index in [9.17, 15) is 9.18 Å². The van der Waals surface area contributed by atoms with E-state index < -0.39 is 0 Å². The van der Waals surface area contributed by atoms with Gasteiger partial charge in [0.15, 0.2) is 5.78 Å². The van der Waals surface area contributed by atoms with Gasteiger partial charge in [0.25, 0.3) is 0 Å². The van der Waals surface area contributed by atoms with Gasteiger partial charge in [0.2, 0.25) is 0 Å². The summed E-state index contributed by atoms with van der Waals surface area (Å²) in [5.74, 6) is -0.317. The van der Waals surface area contributed by atoms with Crippen molar-refractivity contribution in [2.45, 2.75) is 6.92 Å². The van der Waals surface area contributed by atoms with Crippen LogP contribution in [0.2, 0.25) is 0 Å². The lowest BCUT2D eigenvalue weighted by atomic mass is 10.2. The average Bonchev–Trinajstić information content (AvgIpc) is 2.66. The molecule has 0 bridgehead atoms. The maximum atomic E-state index is 12.9. The van der Waals surface area contributed by atoms with E-state index in [0.717, 1.165) is 0 Å². The van der Waals surface area contributed by atoms with E-state index in [2.05, 4.69) is 4.98 Å². The Morgan fingerprint density at radius 2 is 2.27 bits per heavy atom. The summed E-state index contributed by atoms with van der Waals surface area (Å²) < 4.78 is 12.9. The Bertz CT molecular complexity index is 507. The van der Waals surface area contributed by atoms with Crippen LogP contribution in [0.25, 0.3) is 10.6 Å². The number of ketones is 1. The summed E-state index contributed by atoms with van der Waals surface area (Å²) >= 11 is 1.28. The van der Waals surface area contributed by atoms with Gasteiger partial charge < -0.3 is 0 Å². The van der Waals surface area contributed by atoms with Crippen molar-refractivity contribution in [1.29, 1.82) is 0 Å². The number of thiazole rings is 1. The van der Waals surface area contributed by atoms with Crippen molar-refractivity contribution in [1.82, 2.24) is 4.98 Å². The molecule has 1 heterocycles. The van der Waals surface area contributed by atoms with Crippen molar-refractivity contribution in [3.8, 4) is 10.6 Å². The zero-order chi connectivity index (χ0) is 10.8. The van der Waals surface area contributed by atoms with Gasteiger partial charge in [0.1, 0.15) is 10.8 Å². The highest BCUT2D eigenvalue weighted by Crippen LogP contribution is 2.25. The zero-order valence-corrected chi connectivity index (χ0v) is 8.84. The number of carbonyl (C=O) groups excluding carboxylic acids is 1. The molecule has 15 heavy (non-hydrogen) atoms. The fraction of sp³-hybridized carbons (Fsp3) is 0.0909. The smallest absolute Gasteiger partial charge is 0.171 e. The summed E-state index contributed by atoms with van der Waals surface area (Å²) in [6, 6.07) is 6.18. The van der Waals surface area contributed by atoms with Gasteiger partial charge in [0.05, 0.1) is 4.88 Å². The molecule has 0 aliphatic rings. The van der Waals surface area contributed by atoms with E-state index in [1.165, 1.54) is 36.6 Å². The van der Waals surface area contributed by atoms with Crippen LogP contribution in [-0.2, 0) is 0 Å². The Balaban J connectivity index is 2.41. The van der Waals surface area contributed by atoms with Crippen LogP contribution < -0.4 is 0 Å². The molecule has 0 saturated carbocycles. The second-order valence-corrected chi connectivity index (χ2v) is 4.13. The highest BCUT2D eigenvalue weighted by atomic mass is 32.1. The van der Waals surface area contributed by atoms with Gasteiger partial charge in [-0.2, -0.15) is 0 Å². The van der Waals surface area contributed by atoms with Gasteiger partial charge >= 0.3 is 0 Å². The summed E-state index contributed by atoms with van der Waals surface area (Å²) in [5.41, 5.74) is 0.701. The molecule has 0 N–H and O–H groups in total. The Hall–Kier alpha value is -1.55. The molecule has 0 spiro atoms. The number of Topliss-reactive ketones (excluding diaryl/α,β-unsaturated/α-hetero) is 1. The normalized spacial score (nSPS) is 10.3. The van der Waals surface area contributed by atoms with Gasteiger partial charge in [-0.1, -0.05) is 12.1 Å². The zero-order valence-electron chi connectivity index (χ0n) is 8.03. The molecular weight excluding hydrogens is 213 g/mol. The topological polar surface area (TPSA) is 30.0 Å². The third kappa shape index (κ3) is 2.10. The highest BCUT2D eigenvalue weighted by Gasteiger charge is 2.07. The molecule has 0 unspecified atom stereocenters. The van der Waals surface area contributed by atoms with Crippen LogP contribution >= 0.6 is 11.3 Å². The molecule has 0 saturated heterocycles. The highest BCUT2D eigenvalue weighted by molar-refractivity contribution is 7.16. The largest absolute Gasteiger partial charge is 0.294 e. The first-order valence-corrected chi connectivity index (χ1v) is 5.21. The van der Waals surface area contributed by atoms with Crippen molar-refractivity contribution in [2.24, 2.45) is 0 Å².